The van der Waals surface area contributed by atoms with Crippen LogP contribution in [0.1, 0.15) is 31.1 Å². The second-order valence-corrected chi connectivity index (χ2v) is 6.53. The zero-order chi connectivity index (χ0) is 19.7. The van der Waals surface area contributed by atoms with Gasteiger partial charge in [-0.1, -0.05) is 36.8 Å². The molecule has 1 aliphatic rings. The van der Waals surface area contributed by atoms with E-state index in [1.165, 1.54) is 4.90 Å². The van der Waals surface area contributed by atoms with E-state index in [4.69, 9.17) is 0 Å². The van der Waals surface area contributed by atoms with E-state index in [0.29, 0.717) is 24.4 Å². The summed E-state index contributed by atoms with van der Waals surface area (Å²) in [7, 11) is 0. The number of carbonyl (C=O) groups is 1. The van der Waals surface area contributed by atoms with Gasteiger partial charge in [0.1, 0.15) is 5.82 Å². The van der Waals surface area contributed by atoms with E-state index in [9.17, 15) is 26.7 Å². The monoisotopic (exact) mass is 387 g/mol. The van der Waals surface area contributed by atoms with Crippen LogP contribution < -0.4 is 0 Å². The van der Waals surface area contributed by atoms with Crippen molar-refractivity contribution in [2.45, 2.75) is 37.4 Å². The van der Waals surface area contributed by atoms with Crippen molar-refractivity contribution in [2.75, 3.05) is 13.1 Å². The number of rotatable bonds is 5. The summed E-state index contributed by atoms with van der Waals surface area (Å²) in [6, 6.07) is 8.77. The van der Waals surface area contributed by atoms with Crippen molar-refractivity contribution in [3.8, 4) is 11.3 Å². The van der Waals surface area contributed by atoms with Gasteiger partial charge in [-0.3, -0.25) is 9.69 Å². The van der Waals surface area contributed by atoms with Crippen molar-refractivity contribution in [1.82, 2.24) is 14.9 Å². The first-order valence-corrected chi connectivity index (χ1v) is 8.52. The molecule has 1 aromatic carbocycles. The van der Waals surface area contributed by atoms with Crippen LogP contribution in [0.5, 0.6) is 0 Å². The third-order valence-corrected chi connectivity index (χ3v) is 4.66. The molecule has 1 unspecified atom stereocenters. The van der Waals surface area contributed by atoms with Gasteiger partial charge in [-0.05, 0) is 24.9 Å². The zero-order valence-electron chi connectivity index (χ0n) is 14.3. The molecule has 4 nitrogen and oxygen atoms in total. The second kappa shape index (κ2) is 7.38. The third-order valence-electron chi connectivity index (χ3n) is 4.66. The van der Waals surface area contributed by atoms with Crippen molar-refractivity contribution in [1.29, 1.82) is 0 Å². The molecule has 146 valence electrons. The highest BCUT2D eigenvalue weighted by Crippen LogP contribution is 2.37. The molecule has 1 atom stereocenters. The lowest BCUT2D eigenvalue weighted by atomic mass is 10.0. The average molecular weight is 387 g/mol. The fourth-order valence-electron chi connectivity index (χ4n) is 3.20. The van der Waals surface area contributed by atoms with E-state index in [2.05, 4.69) is 9.97 Å². The van der Waals surface area contributed by atoms with Gasteiger partial charge in [0.2, 0.25) is 5.78 Å². The van der Waals surface area contributed by atoms with Gasteiger partial charge in [0.05, 0.1) is 24.5 Å². The number of alkyl halides is 5. The van der Waals surface area contributed by atoms with E-state index >= 15 is 0 Å². The Morgan fingerprint density at radius 1 is 1.15 bits per heavy atom. The van der Waals surface area contributed by atoms with Crippen molar-refractivity contribution in [3.63, 3.8) is 0 Å². The molecule has 1 aliphatic heterocycles. The summed E-state index contributed by atoms with van der Waals surface area (Å²) in [5.74, 6) is -7.04. The fraction of sp³-hybridized carbons (Fsp3) is 0.444. The molecule has 0 amide bonds. The van der Waals surface area contributed by atoms with Crippen LogP contribution in [0.15, 0.2) is 36.5 Å². The lowest BCUT2D eigenvalue weighted by molar-refractivity contribution is -0.269. The van der Waals surface area contributed by atoms with E-state index in [1.807, 2.05) is 30.3 Å². The van der Waals surface area contributed by atoms with Crippen LogP contribution in [-0.4, -0.2) is 45.8 Å². The Morgan fingerprint density at radius 2 is 1.85 bits per heavy atom. The topological polar surface area (TPSA) is 49.0 Å². The maximum Gasteiger partial charge on any atom is 0.461 e. The molecule has 0 bridgehead atoms. The van der Waals surface area contributed by atoms with Gasteiger partial charge in [0, 0.05) is 0 Å². The Hall–Kier alpha value is -2.29. The fourth-order valence-corrected chi connectivity index (χ4v) is 3.20. The van der Waals surface area contributed by atoms with E-state index in [0.717, 1.165) is 12.0 Å². The summed E-state index contributed by atoms with van der Waals surface area (Å²) >= 11 is 0. The molecular formula is C18H18F5N3O. The number of likely N-dealkylation sites (tertiary alicyclic amines) is 1. The third kappa shape index (κ3) is 4.02. The Labute approximate surface area is 152 Å². The average Bonchev–Trinajstić information content (AvgIpc) is 3.12. The highest BCUT2D eigenvalue weighted by atomic mass is 19.4. The molecule has 1 aromatic heterocycles. The van der Waals surface area contributed by atoms with E-state index < -0.39 is 30.5 Å². The van der Waals surface area contributed by atoms with Crippen molar-refractivity contribution < 1.29 is 26.7 Å². The minimum atomic E-state index is -5.89. The van der Waals surface area contributed by atoms with Crippen molar-refractivity contribution in [2.24, 2.45) is 0 Å². The molecule has 3 rings (SSSR count). The molecular weight excluding hydrogens is 369 g/mol. The van der Waals surface area contributed by atoms with Crippen LogP contribution in [0.2, 0.25) is 0 Å². The summed E-state index contributed by atoms with van der Waals surface area (Å²) in [4.78, 5) is 20.4. The first-order chi connectivity index (χ1) is 12.7. The molecule has 2 aromatic rings. The molecule has 9 heteroatoms. The van der Waals surface area contributed by atoms with Gasteiger partial charge in [-0.2, -0.15) is 22.0 Å². The van der Waals surface area contributed by atoms with Crippen LogP contribution >= 0.6 is 0 Å². The largest absolute Gasteiger partial charge is 0.461 e. The lowest BCUT2D eigenvalue weighted by Crippen LogP contribution is -2.50. The molecule has 0 aliphatic carbocycles. The van der Waals surface area contributed by atoms with Gasteiger partial charge in [0.15, 0.2) is 0 Å². The smallest absolute Gasteiger partial charge is 0.341 e. The van der Waals surface area contributed by atoms with Crippen LogP contribution in [0.3, 0.4) is 0 Å². The number of benzene rings is 1. The number of H-pyrrole nitrogens is 1. The second-order valence-electron chi connectivity index (χ2n) is 6.53. The number of piperidine rings is 1. The number of aromatic amines is 1. The number of nitrogens with zero attached hydrogens (tertiary/aromatic N) is 2. The Balaban J connectivity index is 1.78. The predicted molar refractivity (Wildman–Crippen MR) is 88.2 cm³/mol. The summed E-state index contributed by atoms with van der Waals surface area (Å²) in [5, 5.41) is 0. The van der Waals surface area contributed by atoms with Gasteiger partial charge in [0.25, 0.3) is 0 Å². The molecule has 0 radical (unpaired) electrons. The van der Waals surface area contributed by atoms with E-state index in [-0.39, 0.29) is 6.54 Å². The van der Waals surface area contributed by atoms with Crippen molar-refractivity contribution in [3.05, 3.63) is 42.4 Å². The number of ketones is 1. The number of carbonyl (C=O) groups excluding carboxylic acids is 1. The van der Waals surface area contributed by atoms with Crippen LogP contribution in [0.4, 0.5) is 22.0 Å². The Morgan fingerprint density at radius 3 is 2.52 bits per heavy atom. The van der Waals surface area contributed by atoms with Gasteiger partial charge in [-0.15, -0.1) is 0 Å². The van der Waals surface area contributed by atoms with Gasteiger partial charge in [-0.25, -0.2) is 4.98 Å². The number of hydrogen-bond donors (Lipinski definition) is 1. The van der Waals surface area contributed by atoms with Crippen LogP contribution in [-0.2, 0) is 4.79 Å². The van der Waals surface area contributed by atoms with Crippen LogP contribution in [0, 0.1) is 0 Å². The molecule has 2 heterocycles. The number of imidazole rings is 1. The predicted octanol–water partition coefficient (Wildman–Crippen LogP) is 4.37. The number of Topliss-reactive ketones (excluding diaryl/α,β-unsaturated/α-hetero) is 1. The summed E-state index contributed by atoms with van der Waals surface area (Å²) in [6.45, 7) is -0.718. The maximum atomic E-state index is 13.3. The minimum absolute atomic E-state index is 0.256. The number of nitrogens with one attached hydrogen (secondary N) is 1. The normalized spacial score (nSPS) is 19.2. The first-order valence-electron chi connectivity index (χ1n) is 8.52. The molecule has 1 fully saturated rings. The Kier molecular flexibility index (Phi) is 5.32. The molecule has 1 saturated heterocycles. The van der Waals surface area contributed by atoms with Crippen LogP contribution in [0.25, 0.3) is 11.3 Å². The lowest BCUT2D eigenvalue weighted by Gasteiger charge is -2.34. The quantitative estimate of drug-likeness (QED) is 0.775. The highest BCUT2D eigenvalue weighted by Gasteiger charge is 2.63. The maximum absolute atomic E-state index is 13.3. The summed E-state index contributed by atoms with van der Waals surface area (Å²) in [6.07, 6.45) is -2.39. The van der Waals surface area contributed by atoms with E-state index in [1.54, 1.807) is 6.20 Å². The molecule has 0 spiro atoms. The number of aromatic nitrogens is 2. The number of halogens is 5. The summed E-state index contributed by atoms with van der Waals surface area (Å²) < 4.78 is 63.9. The minimum Gasteiger partial charge on any atom is -0.341 e. The SMILES string of the molecule is O=C(CN1CCCCC1c1ncc(-c2ccccc2)[nH]1)C(F)(F)C(F)(F)F. The summed E-state index contributed by atoms with van der Waals surface area (Å²) in [5.41, 5.74) is 1.58. The molecule has 27 heavy (non-hydrogen) atoms. The standard InChI is InChI=1S/C18H18F5N3O/c19-17(20,18(21,22)23)15(27)11-26-9-5-4-8-14(26)16-24-10-13(25-16)12-6-2-1-3-7-12/h1-3,6-7,10,14H,4-5,8-9,11H2,(H,24,25). The molecule has 1 N–H and O–H groups in total. The highest BCUT2D eigenvalue weighted by molar-refractivity contribution is 5.88. The Bertz CT molecular complexity index is 788. The van der Waals surface area contributed by atoms with Gasteiger partial charge >= 0.3 is 12.1 Å². The number of hydrogen-bond acceptors (Lipinski definition) is 3. The zero-order valence-corrected chi connectivity index (χ0v) is 14.3. The van der Waals surface area contributed by atoms with Crippen molar-refractivity contribution >= 4 is 5.78 Å². The first kappa shape index (κ1) is 19.5. The van der Waals surface area contributed by atoms with Gasteiger partial charge < -0.3 is 4.98 Å². The molecule has 0 saturated carbocycles.